The van der Waals surface area contributed by atoms with Gasteiger partial charge in [-0.25, -0.2) is 0 Å². The second-order valence-electron chi connectivity index (χ2n) is 11.0. The topological polar surface area (TPSA) is 63.6 Å². The van der Waals surface area contributed by atoms with Crippen molar-refractivity contribution in [3.05, 3.63) is 0 Å². The SMILES string of the molecule is CCCCCCCCCCCCC(=O)OC(CCCCCCCCCC)CCCCCCCC(=O)O. The van der Waals surface area contributed by atoms with E-state index in [1.54, 1.807) is 0 Å². The number of carbonyl (C=O) groups is 2. The highest BCUT2D eigenvalue weighted by atomic mass is 16.5. The summed E-state index contributed by atoms with van der Waals surface area (Å²) in [6.45, 7) is 4.52. The molecule has 0 aliphatic carbocycles. The van der Waals surface area contributed by atoms with Gasteiger partial charge in [0.15, 0.2) is 0 Å². The van der Waals surface area contributed by atoms with Crippen molar-refractivity contribution < 1.29 is 19.4 Å². The second kappa shape index (κ2) is 28.5. The van der Waals surface area contributed by atoms with E-state index in [2.05, 4.69) is 13.8 Å². The number of aliphatic carboxylic acids is 1. The lowest BCUT2D eigenvalue weighted by Gasteiger charge is -2.18. The Morgan fingerprint density at radius 2 is 0.833 bits per heavy atom. The summed E-state index contributed by atoms with van der Waals surface area (Å²) >= 11 is 0. The van der Waals surface area contributed by atoms with Crippen molar-refractivity contribution in [2.45, 2.75) is 193 Å². The van der Waals surface area contributed by atoms with Crippen molar-refractivity contribution in [1.29, 1.82) is 0 Å². The normalized spacial score (nSPS) is 12.1. The molecule has 0 amide bonds. The van der Waals surface area contributed by atoms with Crippen LogP contribution in [0, 0.1) is 0 Å². The largest absolute Gasteiger partial charge is 0.481 e. The van der Waals surface area contributed by atoms with Crippen molar-refractivity contribution in [3.8, 4) is 0 Å². The molecule has 1 N–H and O–H groups in total. The molecule has 1 atom stereocenters. The van der Waals surface area contributed by atoms with Crippen LogP contribution < -0.4 is 0 Å². The number of hydrogen-bond acceptors (Lipinski definition) is 3. The molecule has 0 bridgehead atoms. The Morgan fingerprint density at radius 3 is 1.22 bits per heavy atom. The third kappa shape index (κ3) is 27.5. The van der Waals surface area contributed by atoms with Crippen molar-refractivity contribution in [2.24, 2.45) is 0 Å². The van der Waals surface area contributed by atoms with Crippen molar-refractivity contribution in [1.82, 2.24) is 0 Å². The monoisotopic (exact) mass is 510 g/mol. The molecule has 0 aromatic rings. The maximum Gasteiger partial charge on any atom is 0.306 e. The van der Waals surface area contributed by atoms with Crippen LogP contribution in [0.15, 0.2) is 0 Å². The maximum absolute atomic E-state index is 12.5. The van der Waals surface area contributed by atoms with Gasteiger partial charge in [0.05, 0.1) is 0 Å². The van der Waals surface area contributed by atoms with E-state index in [0.717, 1.165) is 64.2 Å². The van der Waals surface area contributed by atoms with Gasteiger partial charge in [-0.2, -0.15) is 0 Å². The summed E-state index contributed by atoms with van der Waals surface area (Å²) in [6, 6.07) is 0. The summed E-state index contributed by atoms with van der Waals surface area (Å²) in [5.74, 6) is -0.699. The standard InChI is InChI=1S/C32H62O4/c1-3-5-7-9-11-13-14-16-21-25-29-32(35)36-30(26-22-18-15-12-10-8-6-4-2)27-23-19-17-20-24-28-31(33)34/h30H,3-29H2,1-2H3,(H,33,34). The zero-order chi connectivity index (χ0) is 26.5. The first kappa shape index (κ1) is 34.9. The highest BCUT2D eigenvalue weighted by Gasteiger charge is 2.14. The Labute approximate surface area is 224 Å². The Hall–Kier alpha value is -1.06. The van der Waals surface area contributed by atoms with Crippen LogP contribution in [-0.2, 0) is 14.3 Å². The Morgan fingerprint density at radius 1 is 0.500 bits per heavy atom. The molecule has 0 saturated carbocycles. The van der Waals surface area contributed by atoms with E-state index in [-0.39, 0.29) is 18.5 Å². The van der Waals surface area contributed by atoms with E-state index in [9.17, 15) is 9.59 Å². The molecule has 36 heavy (non-hydrogen) atoms. The number of ether oxygens (including phenoxy) is 1. The summed E-state index contributed by atoms with van der Waals surface area (Å²) in [7, 11) is 0. The van der Waals surface area contributed by atoms with Crippen LogP contribution in [0.2, 0.25) is 0 Å². The molecule has 4 nitrogen and oxygen atoms in total. The minimum atomic E-state index is -0.699. The number of carboxylic acids is 1. The molecule has 0 aliphatic heterocycles. The van der Waals surface area contributed by atoms with Gasteiger partial charge in [-0.05, 0) is 38.5 Å². The third-order valence-electron chi connectivity index (χ3n) is 7.33. The van der Waals surface area contributed by atoms with Gasteiger partial charge in [0.1, 0.15) is 6.10 Å². The van der Waals surface area contributed by atoms with Crippen LogP contribution >= 0.6 is 0 Å². The average molecular weight is 511 g/mol. The summed E-state index contributed by atoms with van der Waals surface area (Å²) in [4.78, 5) is 23.1. The van der Waals surface area contributed by atoms with Gasteiger partial charge in [0.2, 0.25) is 0 Å². The fourth-order valence-electron chi connectivity index (χ4n) is 4.95. The molecule has 0 aliphatic rings. The zero-order valence-electron chi connectivity index (χ0n) is 24.3. The van der Waals surface area contributed by atoms with E-state index < -0.39 is 5.97 Å². The van der Waals surface area contributed by atoms with Crippen LogP contribution in [0.5, 0.6) is 0 Å². The summed E-state index contributed by atoms with van der Waals surface area (Å²) in [5, 5.41) is 8.75. The average Bonchev–Trinajstić information content (AvgIpc) is 2.85. The molecule has 0 rings (SSSR count). The van der Waals surface area contributed by atoms with Gasteiger partial charge in [0, 0.05) is 12.8 Å². The molecule has 0 aromatic carbocycles. The van der Waals surface area contributed by atoms with Gasteiger partial charge in [-0.3, -0.25) is 9.59 Å². The maximum atomic E-state index is 12.5. The Kier molecular flexibility index (Phi) is 27.7. The lowest BCUT2D eigenvalue weighted by Crippen LogP contribution is -2.18. The number of esters is 1. The van der Waals surface area contributed by atoms with E-state index in [1.165, 1.54) is 96.3 Å². The lowest BCUT2D eigenvalue weighted by atomic mass is 10.0. The van der Waals surface area contributed by atoms with Crippen LogP contribution in [-0.4, -0.2) is 23.1 Å². The van der Waals surface area contributed by atoms with Crippen LogP contribution in [0.3, 0.4) is 0 Å². The molecule has 214 valence electrons. The Bertz CT molecular complexity index is 477. The molecule has 0 saturated heterocycles. The third-order valence-corrected chi connectivity index (χ3v) is 7.33. The van der Waals surface area contributed by atoms with Crippen LogP contribution in [0.25, 0.3) is 0 Å². The minimum Gasteiger partial charge on any atom is -0.481 e. The van der Waals surface area contributed by atoms with E-state index >= 15 is 0 Å². The fraction of sp³-hybridized carbons (Fsp3) is 0.938. The highest BCUT2D eigenvalue weighted by Crippen LogP contribution is 2.19. The van der Waals surface area contributed by atoms with Gasteiger partial charge >= 0.3 is 11.9 Å². The number of rotatable bonds is 29. The number of carbonyl (C=O) groups excluding carboxylic acids is 1. The molecular formula is C32H62O4. The van der Waals surface area contributed by atoms with Gasteiger partial charge in [0.25, 0.3) is 0 Å². The smallest absolute Gasteiger partial charge is 0.306 e. The molecule has 0 spiro atoms. The molecule has 4 heteroatoms. The highest BCUT2D eigenvalue weighted by molar-refractivity contribution is 5.69. The van der Waals surface area contributed by atoms with Crippen molar-refractivity contribution in [3.63, 3.8) is 0 Å². The summed E-state index contributed by atoms with van der Waals surface area (Å²) < 4.78 is 5.94. The number of unbranched alkanes of at least 4 members (excludes halogenated alkanes) is 20. The molecule has 1 unspecified atom stereocenters. The van der Waals surface area contributed by atoms with Crippen LogP contribution in [0.1, 0.15) is 187 Å². The van der Waals surface area contributed by atoms with Gasteiger partial charge < -0.3 is 9.84 Å². The first-order valence-electron chi connectivity index (χ1n) is 16.0. The van der Waals surface area contributed by atoms with Crippen molar-refractivity contribution in [2.75, 3.05) is 0 Å². The van der Waals surface area contributed by atoms with E-state index in [1.807, 2.05) is 0 Å². The lowest BCUT2D eigenvalue weighted by molar-refractivity contribution is -0.150. The fourth-order valence-corrected chi connectivity index (χ4v) is 4.95. The minimum absolute atomic E-state index is 0.000546. The predicted octanol–water partition coefficient (Wildman–Crippen LogP) is 10.6. The second-order valence-corrected chi connectivity index (χ2v) is 11.0. The van der Waals surface area contributed by atoms with Crippen LogP contribution in [0.4, 0.5) is 0 Å². The molecule has 0 fully saturated rings. The Balaban J connectivity index is 4.03. The van der Waals surface area contributed by atoms with Gasteiger partial charge in [-0.15, -0.1) is 0 Å². The van der Waals surface area contributed by atoms with E-state index in [4.69, 9.17) is 9.84 Å². The molecule has 0 radical (unpaired) electrons. The zero-order valence-corrected chi connectivity index (χ0v) is 24.3. The van der Waals surface area contributed by atoms with Crippen molar-refractivity contribution >= 4 is 11.9 Å². The van der Waals surface area contributed by atoms with Gasteiger partial charge in [-0.1, -0.05) is 136 Å². The molecule has 0 heterocycles. The first-order chi connectivity index (χ1) is 17.6. The predicted molar refractivity (Wildman–Crippen MR) is 154 cm³/mol. The molecule has 0 aromatic heterocycles. The summed E-state index contributed by atoms with van der Waals surface area (Å²) in [6.07, 6.45) is 31.0. The van der Waals surface area contributed by atoms with E-state index in [0.29, 0.717) is 6.42 Å². The number of hydrogen-bond donors (Lipinski definition) is 1. The quantitative estimate of drug-likeness (QED) is 0.0802. The summed E-state index contributed by atoms with van der Waals surface area (Å²) in [5.41, 5.74) is 0. The first-order valence-corrected chi connectivity index (χ1v) is 16.0. The molecular weight excluding hydrogens is 448 g/mol. The number of carboxylic acid groups (broad SMARTS) is 1.